The molecular weight excluding hydrogens is 396 g/mol. The SMILES string of the molecule is CCOC(=O)[C@H](Cc1ccncc1)NC(=O)c1nc(S(C)(=O)=O)n2ccccc12. The van der Waals surface area contributed by atoms with Crippen LogP contribution in [0.4, 0.5) is 0 Å². The summed E-state index contributed by atoms with van der Waals surface area (Å²) in [4.78, 5) is 33.2. The number of hydrogen-bond acceptors (Lipinski definition) is 7. The number of aromatic nitrogens is 3. The van der Waals surface area contributed by atoms with Gasteiger partial charge in [0.05, 0.1) is 12.1 Å². The van der Waals surface area contributed by atoms with Crippen molar-refractivity contribution in [3.63, 3.8) is 0 Å². The number of esters is 1. The molecule has 29 heavy (non-hydrogen) atoms. The first-order valence-corrected chi connectivity index (χ1v) is 10.7. The molecule has 0 aliphatic carbocycles. The van der Waals surface area contributed by atoms with Gasteiger partial charge in [0.15, 0.2) is 5.69 Å². The molecule has 0 bridgehead atoms. The van der Waals surface area contributed by atoms with Crippen LogP contribution in [0.1, 0.15) is 23.0 Å². The molecule has 3 rings (SSSR count). The van der Waals surface area contributed by atoms with Crippen LogP contribution >= 0.6 is 0 Å². The smallest absolute Gasteiger partial charge is 0.328 e. The average Bonchev–Trinajstić information content (AvgIpc) is 3.09. The number of sulfone groups is 1. The van der Waals surface area contributed by atoms with Gasteiger partial charge in [-0.3, -0.25) is 14.2 Å². The fourth-order valence-corrected chi connectivity index (χ4v) is 3.63. The van der Waals surface area contributed by atoms with Gasteiger partial charge in [0.25, 0.3) is 5.91 Å². The Bertz CT molecular complexity index is 1140. The minimum absolute atomic E-state index is 0.0879. The Labute approximate surface area is 167 Å². The Balaban J connectivity index is 1.95. The monoisotopic (exact) mass is 416 g/mol. The Morgan fingerprint density at radius 1 is 1.21 bits per heavy atom. The van der Waals surface area contributed by atoms with E-state index < -0.39 is 27.8 Å². The predicted octanol–water partition coefficient (Wildman–Crippen LogP) is 1.04. The van der Waals surface area contributed by atoms with Crippen molar-refractivity contribution in [2.75, 3.05) is 12.9 Å². The summed E-state index contributed by atoms with van der Waals surface area (Å²) in [5.74, 6) is -1.26. The van der Waals surface area contributed by atoms with Crippen LogP contribution in [0.25, 0.3) is 5.52 Å². The van der Waals surface area contributed by atoms with Gasteiger partial charge < -0.3 is 10.1 Å². The van der Waals surface area contributed by atoms with Crippen LogP contribution in [0.5, 0.6) is 0 Å². The highest BCUT2D eigenvalue weighted by Gasteiger charge is 2.27. The van der Waals surface area contributed by atoms with E-state index in [0.29, 0.717) is 5.52 Å². The second-order valence-electron chi connectivity index (χ2n) is 6.31. The first-order valence-electron chi connectivity index (χ1n) is 8.84. The predicted molar refractivity (Wildman–Crippen MR) is 104 cm³/mol. The largest absolute Gasteiger partial charge is 0.464 e. The number of nitrogens with one attached hydrogen (secondary N) is 1. The highest BCUT2D eigenvalue weighted by Crippen LogP contribution is 2.17. The molecule has 0 saturated carbocycles. The van der Waals surface area contributed by atoms with E-state index in [1.54, 1.807) is 49.6 Å². The van der Waals surface area contributed by atoms with Gasteiger partial charge in [0, 0.05) is 31.3 Å². The summed E-state index contributed by atoms with van der Waals surface area (Å²) >= 11 is 0. The molecule has 3 heterocycles. The average molecular weight is 416 g/mol. The molecule has 0 fully saturated rings. The third kappa shape index (κ3) is 4.60. The second kappa shape index (κ2) is 8.39. The first kappa shape index (κ1) is 20.5. The maximum Gasteiger partial charge on any atom is 0.328 e. The van der Waals surface area contributed by atoms with Crippen LogP contribution in [0.2, 0.25) is 0 Å². The van der Waals surface area contributed by atoms with Crippen LogP contribution in [-0.4, -0.2) is 53.6 Å². The van der Waals surface area contributed by atoms with Crippen LogP contribution < -0.4 is 5.32 Å². The van der Waals surface area contributed by atoms with Crippen molar-refractivity contribution >= 4 is 27.2 Å². The zero-order valence-corrected chi connectivity index (χ0v) is 16.7. The number of carbonyl (C=O) groups is 2. The van der Waals surface area contributed by atoms with E-state index in [0.717, 1.165) is 11.8 Å². The van der Waals surface area contributed by atoms with Crippen molar-refractivity contribution in [2.45, 2.75) is 24.5 Å². The fourth-order valence-electron chi connectivity index (χ4n) is 2.86. The van der Waals surface area contributed by atoms with Crippen LogP contribution in [0.3, 0.4) is 0 Å². The minimum Gasteiger partial charge on any atom is -0.464 e. The van der Waals surface area contributed by atoms with Gasteiger partial charge in [-0.05, 0) is 36.8 Å². The zero-order chi connectivity index (χ0) is 21.0. The molecule has 0 aromatic carbocycles. The van der Waals surface area contributed by atoms with E-state index in [-0.39, 0.29) is 23.9 Å². The number of amides is 1. The molecule has 152 valence electrons. The molecule has 0 unspecified atom stereocenters. The highest BCUT2D eigenvalue weighted by atomic mass is 32.2. The van der Waals surface area contributed by atoms with Crippen molar-refractivity contribution in [3.05, 3.63) is 60.2 Å². The number of ether oxygens (including phenoxy) is 1. The van der Waals surface area contributed by atoms with Gasteiger partial charge in [0.1, 0.15) is 6.04 Å². The highest BCUT2D eigenvalue weighted by molar-refractivity contribution is 7.90. The number of fused-ring (bicyclic) bond motifs is 1. The topological polar surface area (TPSA) is 120 Å². The third-order valence-corrected chi connectivity index (χ3v) is 5.08. The van der Waals surface area contributed by atoms with E-state index in [9.17, 15) is 18.0 Å². The Hall–Kier alpha value is -3.27. The third-order valence-electron chi connectivity index (χ3n) is 4.13. The lowest BCUT2D eigenvalue weighted by Crippen LogP contribution is -2.43. The molecule has 1 amide bonds. The van der Waals surface area contributed by atoms with Gasteiger partial charge in [-0.15, -0.1) is 0 Å². The minimum atomic E-state index is -3.67. The number of carbonyl (C=O) groups excluding carboxylic acids is 2. The molecular formula is C19H20N4O5S. The summed E-state index contributed by atoms with van der Waals surface area (Å²) in [5.41, 5.74) is 1.01. The molecule has 3 aromatic heterocycles. The summed E-state index contributed by atoms with van der Waals surface area (Å²) in [7, 11) is -3.67. The number of hydrogen-bond donors (Lipinski definition) is 1. The summed E-state index contributed by atoms with van der Waals surface area (Å²) in [6.07, 6.45) is 5.88. The lowest BCUT2D eigenvalue weighted by molar-refractivity contribution is -0.145. The number of rotatable bonds is 7. The maximum atomic E-state index is 12.9. The summed E-state index contributed by atoms with van der Waals surface area (Å²) in [6.45, 7) is 1.83. The van der Waals surface area contributed by atoms with E-state index in [1.807, 2.05) is 0 Å². The molecule has 0 saturated heterocycles. The number of pyridine rings is 2. The summed E-state index contributed by atoms with van der Waals surface area (Å²) in [5, 5.41) is 2.37. The van der Waals surface area contributed by atoms with Crippen molar-refractivity contribution in [1.82, 2.24) is 19.7 Å². The van der Waals surface area contributed by atoms with Gasteiger partial charge in [-0.25, -0.2) is 18.2 Å². The van der Waals surface area contributed by atoms with Crippen molar-refractivity contribution in [3.8, 4) is 0 Å². The van der Waals surface area contributed by atoms with E-state index in [4.69, 9.17) is 4.74 Å². The van der Waals surface area contributed by atoms with Gasteiger partial charge in [-0.2, -0.15) is 0 Å². The lowest BCUT2D eigenvalue weighted by atomic mass is 10.1. The quantitative estimate of drug-likeness (QED) is 0.571. The Morgan fingerprint density at radius 2 is 1.93 bits per heavy atom. The molecule has 3 aromatic rings. The van der Waals surface area contributed by atoms with Crippen LogP contribution in [0.15, 0.2) is 54.1 Å². The fraction of sp³-hybridized carbons (Fsp3) is 0.263. The summed E-state index contributed by atoms with van der Waals surface area (Å²) in [6, 6.07) is 7.37. The van der Waals surface area contributed by atoms with Gasteiger partial charge in [-0.1, -0.05) is 6.07 Å². The standard InChI is InChI=1S/C19H20N4O5S/c1-3-28-18(25)14(12-13-7-9-20-10-8-13)21-17(24)16-15-6-4-5-11-23(15)19(22-16)29(2,26)27/h4-11,14H,3,12H2,1-2H3,(H,21,24)/t14-/m0/s1. The van der Waals surface area contributed by atoms with E-state index >= 15 is 0 Å². The Morgan fingerprint density at radius 3 is 2.59 bits per heavy atom. The molecule has 1 atom stereocenters. The van der Waals surface area contributed by atoms with Gasteiger partial charge in [0.2, 0.25) is 15.0 Å². The Kier molecular flexibility index (Phi) is 5.92. The molecule has 10 heteroatoms. The van der Waals surface area contributed by atoms with Crippen molar-refractivity contribution in [1.29, 1.82) is 0 Å². The maximum absolute atomic E-state index is 12.9. The van der Waals surface area contributed by atoms with Crippen molar-refractivity contribution in [2.24, 2.45) is 0 Å². The molecule has 0 spiro atoms. The van der Waals surface area contributed by atoms with E-state index in [1.165, 1.54) is 10.6 Å². The molecule has 0 aliphatic heterocycles. The number of imidazole rings is 1. The van der Waals surface area contributed by atoms with Crippen LogP contribution in [-0.2, 0) is 25.8 Å². The first-order chi connectivity index (χ1) is 13.8. The lowest BCUT2D eigenvalue weighted by Gasteiger charge is -2.17. The zero-order valence-electron chi connectivity index (χ0n) is 15.9. The summed E-state index contributed by atoms with van der Waals surface area (Å²) < 4.78 is 30.5. The molecule has 9 nitrogen and oxygen atoms in total. The molecule has 0 aliphatic rings. The van der Waals surface area contributed by atoms with Crippen molar-refractivity contribution < 1.29 is 22.7 Å². The number of nitrogens with zero attached hydrogens (tertiary/aromatic N) is 3. The van der Waals surface area contributed by atoms with Gasteiger partial charge >= 0.3 is 5.97 Å². The molecule has 1 N–H and O–H groups in total. The molecule has 0 radical (unpaired) electrons. The van der Waals surface area contributed by atoms with Crippen LogP contribution in [0, 0.1) is 0 Å². The second-order valence-corrected chi connectivity index (χ2v) is 8.22. The normalized spacial score (nSPS) is 12.5. The van der Waals surface area contributed by atoms with E-state index in [2.05, 4.69) is 15.3 Å².